The highest BCUT2D eigenvalue weighted by Crippen LogP contribution is 2.40. The van der Waals surface area contributed by atoms with Gasteiger partial charge in [-0.25, -0.2) is 9.59 Å². The van der Waals surface area contributed by atoms with Gasteiger partial charge in [-0.2, -0.15) is 0 Å². The molecule has 8 heteroatoms. The molecule has 1 fully saturated rings. The van der Waals surface area contributed by atoms with Gasteiger partial charge in [0.2, 0.25) is 0 Å². The monoisotopic (exact) mass is 492 g/mol. The molecule has 190 valence electrons. The van der Waals surface area contributed by atoms with Gasteiger partial charge in [0.15, 0.2) is 11.5 Å². The topological polar surface area (TPSA) is 88.5 Å². The first-order valence-electron chi connectivity index (χ1n) is 11.9. The Balaban J connectivity index is 1.85. The van der Waals surface area contributed by atoms with Gasteiger partial charge in [0.25, 0.3) is 0 Å². The number of phenolic OH excluding ortho intramolecular Hbond substituents is 1. The zero-order valence-corrected chi connectivity index (χ0v) is 21.1. The summed E-state index contributed by atoms with van der Waals surface area (Å²) in [4.78, 5) is 29.7. The quantitative estimate of drug-likeness (QED) is 0.612. The number of rotatable bonds is 6. The lowest BCUT2D eigenvalue weighted by Gasteiger charge is -2.32. The number of aromatic hydroxyl groups is 1. The first kappa shape index (κ1) is 25.3. The predicted octanol–water partition coefficient (Wildman–Crippen LogP) is 3.64. The highest BCUT2D eigenvalue weighted by molar-refractivity contribution is 6.10. The molecule has 0 aromatic heterocycles. The summed E-state index contributed by atoms with van der Waals surface area (Å²) in [6.07, 6.45) is 5.63. The lowest BCUT2D eigenvalue weighted by atomic mass is 9.89. The maximum absolute atomic E-state index is 12.7. The summed E-state index contributed by atoms with van der Waals surface area (Å²) in [7, 11) is 5.83. The number of likely N-dealkylation sites (tertiary alicyclic amines) is 1. The Kier molecular flexibility index (Phi) is 7.64. The van der Waals surface area contributed by atoms with E-state index in [1.807, 2.05) is 11.9 Å². The van der Waals surface area contributed by atoms with Gasteiger partial charge < -0.3 is 24.2 Å². The number of methoxy groups -OCH3 is 3. The van der Waals surface area contributed by atoms with E-state index in [4.69, 9.17) is 14.2 Å². The third-order valence-corrected chi connectivity index (χ3v) is 6.72. The number of fused-ring (bicyclic) bond motifs is 1. The number of phenols is 1. The largest absolute Gasteiger partial charge is 0.504 e. The molecule has 0 aliphatic carbocycles. The van der Waals surface area contributed by atoms with Gasteiger partial charge >= 0.3 is 11.9 Å². The van der Waals surface area contributed by atoms with Crippen LogP contribution in [0.5, 0.6) is 11.5 Å². The zero-order valence-electron chi connectivity index (χ0n) is 21.1. The molecule has 0 spiro atoms. The van der Waals surface area contributed by atoms with Crippen molar-refractivity contribution in [1.29, 1.82) is 0 Å². The highest BCUT2D eigenvalue weighted by Gasteiger charge is 2.30. The van der Waals surface area contributed by atoms with Crippen LogP contribution < -0.4 is 4.74 Å². The standard InChI is InChI=1S/C28H32N2O6/c1-29-17-23(28(33)36-4)22(27(32)35-3)13-20-14-24(31)25(34-2)15-21(20)26(29)19-9-7-18(8-10-19)16-30-11-5-6-12-30/h7-10,13-15,17,26,31H,5-6,11-12,16H2,1-4H3. The average molecular weight is 493 g/mol. The lowest BCUT2D eigenvalue weighted by molar-refractivity contribution is -0.139. The van der Waals surface area contributed by atoms with Crippen LogP contribution in [0.1, 0.15) is 41.1 Å². The van der Waals surface area contributed by atoms with Crippen molar-refractivity contribution in [3.05, 3.63) is 76.0 Å². The van der Waals surface area contributed by atoms with Crippen LogP contribution in [-0.2, 0) is 25.6 Å². The van der Waals surface area contributed by atoms with E-state index >= 15 is 0 Å². The van der Waals surface area contributed by atoms with E-state index in [2.05, 4.69) is 29.2 Å². The fourth-order valence-corrected chi connectivity index (χ4v) is 4.90. The molecule has 36 heavy (non-hydrogen) atoms. The van der Waals surface area contributed by atoms with E-state index in [9.17, 15) is 14.7 Å². The summed E-state index contributed by atoms with van der Waals surface area (Å²) in [6, 6.07) is 11.3. The van der Waals surface area contributed by atoms with Gasteiger partial charge in [-0.1, -0.05) is 24.3 Å². The number of carbonyl (C=O) groups excluding carboxylic acids is 2. The molecule has 8 nitrogen and oxygen atoms in total. The van der Waals surface area contributed by atoms with E-state index in [-0.39, 0.29) is 22.9 Å². The minimum absolute atomic E-state index is 0.0291. The number of hydrogen-bond acceptors (Lipinski definition) is 8. The fraction of sp³-hybridized carbons (Fsp3) is 0.357. The molecule has 2 aliphatic rings. The van der Waals surface area contributed by atoms with E-state index in [1.54, 1.807) is 18.3 Å². The Morgan fingerprint density at radius 3 is 2.22 bits per heavy atom. The molecule has 0 bridgehead atoms. The molecule has 2 aromatic rings. The second kappa shape index (κ2) is 10.9. The Bertz CT molecular complexity index is 1200. The van der Waals surface area contributed by atoms with Crippen molar-refractivity contribution in [2.75, 3.05) is 41.5 Å². The Hall–Kier alpha value is -3.78. The first-order valence-corrected chi connectivity index (χ1v) is 11.9. The lowest BCUT2D eigenvalue weighted by Crippen LogP contribution is -2.26. The molecule has 1 N–H and O–H groups in total. The fourth-order valence-electron chi connectivity index (χ4n) is 4.90. The molecule has 1 unspecified atom stereocenters. The summed E-state index contributed by atoms with van der Waals surface area (Å²) in [5.41, 5.74) is 3.65. The number of esters is 2. The molecule has 4 rings (SSSR count). The Morgan fingerprint density at radius 1 is 0.972 bits per heavy atom. The third kappa shape index (κ3) is 5.09. The minimum Gasteiger partial charge on any atom is -0.504 e. The maximum Gasteiger partial charge on any atom is 0.340 e. The van der Waals surface area contributed by atoms with E-state index in [1.165, 1.54) is 45.8 Å². The molecule has 0 amide bonds. The second-order valence-electron chi connectivity index (χ2n) is 9.03. The molecule has 2 heterocycles. The van der Waals surface area contributed by atoms with Crippen LogP contribution in [-0.4, -0.2) is 68.3 Å². The SMILES string of the molecule is COC(=O)C1=Cc2cc(O)c(OC)cc2C(c2ccc(CN3CCCC3)cc2)N(C)C=C1C(=O)OC. The molecular weight excluding hydrogens is 460 g/mol. The molecule has 0 saturated carbocycles. The van der Waals surface area contributed by atoms with Gasteiger partial charge in [0.1, 0.15) is 0 Å². The minimum atomic E-state index is -0.689. The summed E-state index contributed by atoms with van der Waals surface area (Å²) < 4.78 is 15.3. The Labute approximate surface area is 211 Å². The number of ether oxygens (including phenoxy) is 3. The van der Waals surface area contributed by atoms with Crippen LogP contribution in [0, 0.1) is 0 Å². The van der Waals surface area contributed by atoms with Crippen molar-refractivity contribution in [1.82, 2.24) is 9.80 Å². The second-order valence-corrected chi connectivity index (χ2v) is 9.03. The first-order chi connectivity index (χ1) is 17.4. The van der Waals surface area contributed by atoms with Crippen LogP contribution in [0.15, 0.2) is 53.7 Å². The van der Waals surface area contributed by atoms with Gasteiger partial charge in [0, 0.05) is 19.8 Å². The predicted molar refractivity (Wildman–Crippen MR) is 135 cm³/mol. The van der Waals surface area contributed by atoms with Gasteiger partial charge in [-0.15, -0.1) is 0 Å². The number of benzene rings is 2. The van der Waals surface area contributed by atoms with Crippen LogP contribution in [0.2, 0.25) is 0 Å². The van der Waals surface area contributed by atoms with Crippen LogP contribution in [0.3, 0.4) is 0 Å². The average Bonchev–Trinajstić information content (AvgIpc) is 3.39. The van der Waals surface area contributed by atoms with Crippen LogP contribution in [0.25, 0.3) is 6.08 Å². The number of hydrogen-bond donors (Lipinski definition) is 1. The smallest absolute Gasteiger partial charge is 0.340 e. The Morgan fingerprint density at radius 2 is 1.61 bits per heavy atom. The van der Waals surface area contributed by atoms with Crippen molar-refractivity contribution in [3.8, 4) is 11.5 Å². The number of carbonyl (C=O) groups is 2. The van der Waals surface area contributed by atoms with E-state index < -0.39 is 11.9 Å². The number of nitrogens with zero attached hydrogens (tertiary/aromatic N) is 2. The normalized spacial score (nSPS) is 17.9. The summed E-state index contributed by atoms with van der Waals surface area (Å²) >= 11 is 0. The van der Waals surface area contributed by atoms with Gasteiger partial charge in [-0.3, -0.25) is 4.90 Å². The van der Waals surface area contributed by atoms with Crippen LogP contribution in [0.4, 0.5) is 0 Å². The van der Waals surface area contributed by atoms with Crippen molar-refractivity contribution in [3.63, 3.8) is 0 Å². The third-order valence-electron chi connectivity index (χ3n) is 6.72. The van der Waals surface area contributed by atoms with Gasteiger partial charge in [-0.05, 0) is 66.4 Å². The molecule has 2 aromatic carbocycles. The molecular formula is C28H32N2O6. The summed E-state index contributed by atoms with van der Waals surface area (Å²) in [5, 5.41) is 10.5. The maximum atomic E-state index is 12.7. The molecule has 1 atom stereocenters. The van der Waals surface area contributed by atoms with Crippen molar-refractivity contribution >= 4 is 18.0 Å². The van der Waals surface area contributed by atoms with E-state index in [0.717, 1.165) is 30.8 Å². The van der Waals surface area contributed by atoms with Crippen molar-refractivity contribution < 1.29 is 28.9 Å². The molecule has 2 aliphatic heterocycles. The van der Waals surface area contributed by atoms with Crippen LogP contribution >= 0.6 is 0 Å². The van der Waals surface area contributed by atoms with E-state index in [0.29, 0.717) is 11.3 Å². The van der Waals surface area contributed by atoms with Crippen molar-refractivity contribution in [2.24, 2.45) is 0 Å². The molecule has 0 radical (unpaired) electrons. The summed E-state index contributed by atoms with van der Waals surface area (Å²) in [5.74, 6) is -1.13. The summed E-state index contributed by atoms with van der Waals surface area (Å²) in [6.45, 7) is 3.16. The van der Waals surface area contributed by atoms with Gasteiger partial charge in [0.05, 0.1) is 38.5 Å². The zero-order chi connectivity index (χ0) is 25.8. The molecule has 1 saturated heterocycles. The van der Waals surface area contributed by atoms with Crippen molar-refractivity contribution in [2.45, 2.75) is 25.4 Å². The highest BCUT2D eigenvalue weighted by atomic mass is 16.5.